The number of benzene rings is 2. The summed E-state index contributed by atoms with van der Waals surface area (Å²) in [5.41, 5.74) is 14.5. The molecular formula is C60H74F2N10O8. The number of carbonyl (C=O) groups excluding carboxylic acids is 6. The molecule has 2 aromatic heterocycles. The molecule has 2 aliphatic rings. The third-order valence-electron chi connectivity index (χ3n) is 14.1. The summed E-state index contributed by atoms with van der Waals surface area (Å²) < 4.78 is 27.1. The van der Waals surface area contributed by atoms with Crippen LogP contribution < -0.4 is 53.7 Å². The van der Waals surface area contributed by atoms with E-state index in [9.17, 15) is 47.1 Å². The van der Waals surface area contributed by atoms with Gasteiger partial charge >= 0.3 is 0 Å². The first-order valence-electron chi connectivity index (χ1n) is 27.2. The molecule has 0 unspecified atom stereocenters. The lowest BCUT2D eigenvalue weighted by Crippen LogP contribution is -2.52. The van der Waals surface area contributed by atoms with Gasteiger partial charge in [-0.1, -0.05) is 63.8 Å². The van der Waals surface area contributed by atoms with Crippen LogP contribution in [0.15, 0.2) is 70.3 Å². The monoisotopic (exact) mass is 1100 g/mol. The van der Waals surface area contributed by atoms with Gasteiger partial charge in [-0.05, 0) is 112 Å². The topological polar surface area (TPSA) is 275 Å². The number of carbonyl (C=O) groups is 6. The Labute approximate surface area is 465 Å². The molecule has 0 aliphatic carbocycles. The third kappa shape index (κ3) is 16.8. The number of pyridine rings is 2. The van der Waals surface area contributed by atoms with Gasteiger partial charge in [0.15, 0.2) is 0 Å². The highest BCUT2D eigenvalue weighted by atomic mass is 19.1. The molecule has 6 rings (SSSR count). The summed E-state index contributed by atoms with van der Waals surface area (Å²) in [5.74, 6) is 8.21. The van der Waals surface area contributed by atoms with Crippen LogP contribution in [0.3, 0.4) is 0 Å². The highest BCUT2D eigenvalue weighted by molar-refractivity contribution is 6.02. The molecule has 6 amide bonds. The highest BCUT2D eigenvalue weighted by Crippen LogP contribution is 2.41. The fourth-order valence-corrected chi connectivity index (χ4v) is 9.64. The van der Waals surface area contributed by atoms with Crippen LogP contribution in [0.1, 0.15) is 139 Å². The first-order chi connectivity index (χ1) is 37.9. The van der Waals surface area contributed by atoms with Gasteiger partial charge in [-0.2, -0.15) is 0 Å². The number of halogens is 2. The molecule has 2 aromatic carbocycles. The second-order valence-electron chi connectivity index (χ2n) is 22.0. The molecule has 0 fully saturated rings. The van der Waals surface area contributed by atoms with Gasteiger partial charge in [-0.25, -0.2) is 8.78 Å². The number of hydrogen-bond donors (Lipinski definition) is 8. The number of H-pyrrole nitrogens is 2. The van der Waals surface area contributed by atoms with E-state index >= 15 is 0 Å². The number of anilines is 2. The summed E-state index contributed by atoms with van der Waals surface area (Å²) in [5, 5.41) is 11.3. The fourth-order valence-electron chi connectivity index (χ4n) is 9.64. The van der Waals surface area contributed by atoms with Gasteiger partial charge in [0.25, 0.3) is 11.1 Å². The van der Waals surface area contributed by atoms with Crippen molar-refractivity contribution in [2.24, 2.45) is 11.5 Å². The first-order valence-corrected chi connectivity index (χ1v) is 27.2. The minimum Gasteiger partial charge on any atom is -0.356 e. The second-order valence-corrected chi connectivity index (χ2v) is 22.0. The first kappa shape index (κ1) is 61.3. The second kappa shape index (κ2) is 27.8. The van der Waals surface area contributed by atoms with Crippen molar-refractivity contribution in [3.63, 3.8) is 0 Å². The van der Waals surface area contributed by atoms with E-state index in [4.69, 9.17) is 11.5 Å². The van der Waals surface area contributed by atoms with E-state index < -0.39 is 58.4 Å². The molecule has 0 spiro atoms. The lowest BCUT2D eigenvalue weighted by atomic mass is 9.91. The average molecular weight is 1100 g/mol. The number of aromatic nitrogens is 2. The molecule has 80 heavy (non-hydrogen) atoms. The van der Waals surface area contributed by atoms with Gasteiger partial charge in [-0.15, -0.1) is 0 Å². The number of nitrogens with one attached hydrogen (secondary N) is 6. The standard InChI is InChI=1S/C60H74F2N10O8/c1-37(63)53(75)67-45(57(79)71-35-59(3,4)51-47(71)33-41(55(77)69-51)31-39-21-25-43(61)26-22-39)17-13-15-29-65-49(73)19-11-9-7-8-10-12-20-50(74)66-30-16-14-18-46(68-54(76)38(2)64)58(80)72-36-60(5,6)52-48(72)34-42(56(78)70-52)32-40-23-27-44(62)28-24-40/h21-28,33-34,37-38,45-46H,11-20,29-32,35-36,63-64H2,1-6H3,(H,65,73)(H,66,74)(H,67,75)(H,68,76)(H,69,77)(H,70,78)/t37-,38-,45-,46-/m0/s1. The van der Waals surface area contributed by atoms with E-state index in [-0.39, 0.29) is 99.2 Å². The molecule has 0 radical (unpaired) electrons. The largest absolute Gasteiger partial charge is 0.356 e. The molecule has 0 saturated carbocycles. The maximum Gasteiger partial charge on any atom is 0.251 e. The highest BCUT2D eigenvalue weighted by Gasteiger charge is 2.43. The van der Waals surface area contributed by atoms with Crippen molar-refractivity contribution in [2.45, 2.75) is 154 Å². The van der Waals surface area contributed by atoms with E-state index in [1.807, 2.05) is 27.7 Å². The van der Waals surface area contributed by atoms with Gasteiger partial charge in [0, 0.05) is 98.0 Å². The lowest BCUT2D eigenvalue weighted by molar-refractivity contribution is -0.128. The number of fused-ring (bicyclic) bond motifs is 2. The average Bonchev–Trinajstić information content (AvgIpc) is 3.94. The maximum atomic E-state index is 14.2. The summed E-state index contributed by atoms with van der Waals surface area (Å²) in [6, 6.07) is 11.5. The fraction of sp³-hybridized carbons (Fsp3) is 0.467. The number of amides is 6. The smallest absolute Gasteiger partial charge is 0.251 e. The summed E-state index contributed by atoms with van der Waals surface area (Å²) >= 11 is 0. The van der Waals surface area contributed by atoms with Crippen molar-refractivity contribution in [1.29, 1.82) is 0 Å². The Bertz CT molecular complexity index is 2950. The summed E-state index contributed by atoms with van der Waals surface area (Å²) in [4.78, 5) is 115. The SMILES string of the molecule is C[C@H](N)C(=O)N[C@@H](CCCCNC(=O)CCC#CC#CCCC(=O)NCCCC[C@H](NC(=O)[C@H](C)N)C(=O)N1CC(C)(C)c2[nH]c(=O)c(Cc3ccc(F)cc3)cc21)C(=O)N1CC(C)(C)c2[nH]c(=O)c(Cc3ccc(F)cc3)cc21. The van der Waals surface area contributed by atoms with Crippen LogP contribution >= 0.6 is 0 Å². The third-order valence-corrected chi connectivity index (χ3v) is 14.1. The number of nitrogens with two attached hydrogens (primary N) is 2. The molecule has 0 bridgehead atoms. The van der Waals surface area contributed by atoms with Gasteiger partial charge in [0.2, 0.25) is 35.4 Å². The number of aromatic amines is 2. The van der Waals surface area contributed by atoms with E-state index in [2.05, 4.69) is 54.9 Å². The molecule has 0 saturated heterocycles. The van der Waals surface area contributed by atoms with E-state index in [1.54, 1.807) is 46.2 Å². The normalized spacial score (nSPS) is 15.1. The molecule has 4 aromatic rings. The Morgan fingerprint density at radius 1 is 0.600 bits per heavy atom. The van der Waals surface area contributed by atoms with E-state index in [0.29, 0.717) is 72.7 Å². The molecular weight excluding hydrogens is 1030 g/mol. The minimum absolute atomic E-state index is 0.138. The molecule has 20 heteroatoms. The number of hydrogen-bond acceptors (Lipinski definition) is 10. The van der Waals surface area contributed by atoms with E-state index in [1.165, 1.54) is 38.1 Å². The maximum absolute atomic E-state index is 14.2. The summed E-state index contributed by atoms with van der Waals surface area (Å²) in [6.45, 7) is 11.9. The van der Waals surface area contributed by atoms with Crippen molar-refractivity contribution < 1.29 is 37.5 Å². The summed E-state index contributed by atoms with van der Waals surface area (Å²) in [6.07, 6.45) is 3.79. The van der Waals surface area contributed by atoms with Crippen LogP contribution in [-0.4, -0.2) is 95.8 Å². The van der Waals surface area contributed by atoms with Crippen molar-refractivity contribution in [3.05, 3.63) is 127 Å². The summed E-state index contributed by atoms with van der Waals surface area (Å²) in [7, 11) is 0. The van der Waals surface area contributed by atoms with Crippen LogP contribution in [-0.2, 0) is 52.4 Å². The van der Waals surface area contributed by atoms with Crippen LogP contribution in [0, 0.1) is 35.3 Å². The zero-order valence-corrected chi connectivity index (χ0v) is 46.5. The predicted molar refractivity (Wildman–Crippen MR) is 302 cm³/mol. The van der Waals surface area contributed by atoms with Crippen LogP contribution in [0.4, 0.5) is 20.2 Å². The van der Waals surface area contributed by atoms with Crippen molar-refractivity contribution in [2.75, 3.05) is 36.0 Å². The molecule has 426 valence electrons. The number of nitrogens with zero attached hydrogens (tertiary/aromatic N) is 2. The Kier molecular flexibility index (Phi) is 21.3. The Morgan fingerprint density at radius 3 is 1.31 bits per heavy atom. The minimum atomic E-state index is -0.925. The molecule has 18 nitrogen and oxygen atoms in total. The molecule has 2 aliphatic heterocycles. The van der Waals surface area contributed by atoms with Gasteiger partial charge in [0.05, 0.1) is 23.5 Å². The Balaban J connectivity index is 0.894. The molecule has 4 heterocycles. The zero-order valence-electron chi connectivity index (χ0n) is 46.5. The van der Waals surface area contributed by atoms with Crippen molar-refractivity contribution >= 4 is 46.8 Å². The Hall–Kier alpha value is -7.94. The van der Waals surface area contributed by atoms with Gasteiger partial charge < -0.3 is 52.5 Å². The quantitative estimate of drug-likeness (QED) is 0.0365. The van der Waals surface area contributed by atoms with Crippen LogP contribution in [0.2, 0.25) is 0 Å². The predicted octanol–water partition coefficient (Wildman–Crippen LogP) is 4.28. The lowest BCUT2D eigenvalue weighted by Gasteiger charge is -2.27. The zero-order chi connectivity index (χ0) is 58.3. The van der Waals surface area contributed by atoms with Crippen LogP contribution in [0.25, 0.3) is 0 Å². The van der Waals surface area contributed by atoms with Crippen molar-refractivity contribution in [3.8, 4) is 23.7 Å². The van der Waals surface area contributed by atoms with Gasteiger partial charge in [0.1, 0.15) is 23.7 Å². The van der Waals surface area contributed by atoms with Gasteiger partial charge in [-0.3, -0.25) is 38.4 Å². The number of unbranched alkanes of at least 4 members (excludes halogenated alkanes) is 2. The molecule has 4 atom stereocenters. The van der Waals surface area contributed by atoms with Crippen LogP contribution in [0.5, 0.6) is 0 Å². The number of rotatable bonds is 24. The van der Waals surface area contributed by atoms with E-state index in [0.717, 1.165) is 11.1 Å². The molecule has 10 N–H and O–H groups in total. The van der Waals surface area contributed by atoms with Crippen molar-refractivity contribution in [1.82, 2.24) is 31.2 Å². The Morgan fingerprint density at radius 2 is 0.963 bits per heavy atom.